The first-order valence-corrected chi connectivity index (χ1v) is 12.2. The highest BCUT2D eigenvalue weighted by atomic mass is 32.2. The lowest BCUT2D eigenvalue weighted by molar-refractivity contribution is -0.129. The molecule has 0 aliphatic carbocycles. The van der Waals surface area contributed by atoms with Crippen molar-refractivity contribution in [2.45, 2.75) is 24.5 Å². The predicted molar refractivity (Wildman–Crippen MR) is 121 cm³/mol. The van der Waals surface area contributed by atoms with Crippen LogP contribution in [0.15, 0.2) is 51.8 Å². The van der Waals surface area contributed by atoms with Gasteiger partial charge in [-0.15, -0.1) is 4.40 Å². The number of methoxy groups -OCH3 is 1. The van der Waals surface area contributed by atoms with E-state index in [-0.39, 0.29) is 17.9 Å². The first-order valence-electron chi connectivity index (χ1n) is 9.80. The number of anilines is 1. The minimum absolute atomic E-state index is 0.0538. The molecule has 11 heteroatoms. The van der Waals surface area contributed by atoms with Crippen molar-refractivity contribution in [2.24, 2.45) is 4.40 Å². The Hall–Kier alpha value is -3.05. The lowest BCUT2D eigenvalue weighted by Gasteiger charge is -2.22. The highest BCUT2D eigenvalue weighted by molar-refractivity contribution is 8.15. The summed E-state index contributed by atoms with van der Waals surface area (Å²) in [6.07, 6.45) is -1.00. The van der Waals surface area contributed by atoms with Gasteiger partial charge >= 0.3 is 5.97 Å². The largest absolute Gasteiger partial charge is 0.496 e. The number of hydrogen-bond acceptors (Lipinski definition) is 8. The molecule has 2 aromatic carbocycles. The molecular weight excluding hydrogens is 454 g/mol. The third-order valence-electron chi connectivity index (χ3n) is 5.01. The number of carbonyl (C=O) groups is 2. The fourth-order valence-corrected chi connectivity index (χ4v) is 5.61. The quantitative estimate of drug-likeness (QED) is 0.633. The Morgan fingerprint density at radius 2 is 2.03 bits per heavy atom. The zero-order valence-corrected chi connectivity index (χ0v) is 19.0. The van der Waals surface area contributed by atoms with Crippen LogP contribution in [0.4, 0.5) is 5.69 Å². The second-order valence-electron chi connectivity index (χ2n) is 7.17. The van der Waals surface area contributed by atoms with Crippen molar-refractivity contribution in [3.05, 3.63) is 53.6 Å². The number of fused-ring (bicyclic) bond motifs is 3. The van der Waals surface area contributed by atoms with E-state index in [1.807, 2.05) is 23.1 Å². The molecule has 1 amide bonds. The van der Waals surface area contributed by atoms with Crippen LogP contribution in [-0.2, 0) is 26.1 Å². The minimum Gasteiger partial charge on any atom is -0.496 e. The van der Waals surface area contributed by atoms with E-state index in [4.69, 9.17) is 9.47 Å². The smallest absolute Gasteiger partial charge is 0.338 e. The SMILES string of the molecule is COc1ccccc1CNC(=O)C(C)OC(=O)c1ccc2c(c1)SC1=NS(=O)(=O)CCN12. The molecule has 0 saturated carbocycles. The average molecular weight is 476 g/mol. The number of amides is 1. The van der Waals surface area contributed by atoms with E-state index in [9.17, 15) is 18.0 Å². The lowest BCUT2D eigenvalue weighted by Crippen LogP contribution is -2.35. The monoisotopic (exact) mass is 475 g/mol. The van der Waals surface area contributed by atoms with Crippen molar-refractivity contribution in [1.82, 2.24) is 5.32 Å². The number of hydrogen-bond donors (Lipinski definition) is 1. The molecule has 1 N–H and O–H groups in total. The topological polar surface area (TPSA) is 114 Å². The summed E-state index contributed by atoms with van der Waals surface area (Å²) in [6, 6.07) is 12.2. The highest BCUT2D eigenvalue weighted by Crippen LogP contribution is 2.42. The molecule has 0 saturated heterocycles. The van der Waals surface area contributed by atoms with E-state index in [1.54, 1.807) is 31.4 Å². The van der Waals surface area contributed by atoms with Gasteiger partial charge in [-0.2, -0.15) is 0 Å². The van der Waals surface area contributed by atoms with Crippen molar-refractivity contribution in [2.75, 3.05) is 24.3 Å². The Kier molecular flexibility index (Phi) is 6.11. The molecule has 2 aromatic rings. The standard InChI is InChI=1S/C21H21N3O6S2/c1-13(19(25)22-12-15-5-3-4-6-17(15)29-2)30-20(26)14-7-8-16-18(11-14)31-21-23-32(27,28)10-9-24(16)21/h3-8,11,13H,9-10,12H2,1-2H3,(H,22,25). The van der Waals surface area contributed by atoms with Gasteiger partial charge in [0.05, 0.1) is 24.1 Å². The van der Waals surface area contributed by atoms with E-state index in [2.05, 4.69) is 9.71 Å². The van der Waals surface area contributed by atoms with Crippen LogP contribution in [0, 0.1) is 0 Å². The predicted octanol–water partition coefficient (Wildman–Crippen LogP) is 2.17. The van der Waals surface area contributed by atoms with Crippen LogP contribution in [0.3, 0.4) is 0 Å². The average Bonchev–Trinajstić information content (AvgIpc) is 3.12. The number of rotatable bonds is 6. The molecule has 9 nitrogen and oxygen atoms in total. The van der Waals surface area contributed by atoms with E-state index in [0.29, 0.717) is 22.4 Å². The zero-order valence-electron chi connectivity index (χ0n) is 17.4. The van der Waals surface area contributed by atoms with Crippen molar-refractivity contribution >= 4 is 44.5 Å². The van der Waals surface area contributed by atoms with Crippen molar-refractivity contribution in [3.63, 3.8) is 0 Å². The lowest BCUT2D eigenvalue weighted by atomic mass is 10.2. The van der Waals surface area contributed by atoms with Gasteiger partial charge in [0.1, 0.15) is 5.75 Å². The zero-order chi connectivity index (χ0) is 22.9. The number of thioether (sulfide) groups is 1. The van der Waals surface area contributed by atoms with Crippen molar-refractivity contribution in [3.8, 4) is 5.75 Å². The summed E-state index contributed by atoms with van der Waals surface area (Å²) in [4.78, 5) is 27.5. The van der Waals surface area contributed by atoms with Crippen LogP contribution in [0.2, 0.25) is 0 Å². The van der Waals surface area contributed by atoms with E-state index in [1.165, 1.54) is 18.7 Å². The molecule has 2 heterocycles. The fraction of sp³-hybridized carbons (Fsp3) is 0.286. The molecular formula is C21H21N3O6S2. The Morgan fingerprint density at radius 3 is 2.81 bits per heavy atom. The number of nitrogens with one attached hydrogen (secondary N) is 1. The van der Waals surface area contributed by atoms with Crippen molar-refractivity contribution in [1.29, 1.82) is 0 Å². The number of esters is 1. The van der Waals surface area contributed by atoms with Crippen LogP contribution in [0.1, 0.15) is 22.8 Å². The number of nitrogens with zero attached hydrogens (tertiary/aromatic N) is 2. The van der Waals surface area contributed by atoms with Gasteiger partial charge in [-0.25, -0.2) is 13.2 Å². The molecule has 0 radical (unpaired) electrons. The van der Waals surface area contributed by atoms with Crippen LogP contribution in [-0.4, -0.2) is 51.0 Å². The Morgan fingerprint density at radius 1 is 1.25 bits per heavy atom. The summed E-state index contributed by atoms with van der Waals surface area (Å²) in [5.41, 5.74) is 1.87. The van der Waals surface area contributed by atoms with Gasteiger partial charge in [-0.05, 0) is 43.0 Å². The van der Waals surface area contributed by atoms with Crippen LogP contribution in [0.25, 0.3) is 0 Å². The van der Waals surface area contributed by atoms with Gasteiger partial charge < -0.3 is 19.7 Å². The number of carbonyl (C=O) groups excluding carboxylic acids is 2. The number of sulfonamides is 1. The fourth-order valence-electron chi connectivity index (χ4n) is 3.31. The van der Waals surface area contributed by atoms with E-state index >= 15 is 0 Å². The van der Waals surface area contributed by atoms with E-state index in [0.717, 1.165) is 11.3 Å². The highest BCUT2D eigenvalue weighted by Gasteiger charge is 2.33. The van der Waals surface area contributed by atoms with E-state index < -0.39 is 28.0 Å². The second kappa shape index (κ2) is 8.83. The molecule has 32 heavy (non-hydrogen) atoms. The third-order valence-corrected chi connectivity index (χ3v) is 7.31. The molecule has 168 valence electrons. The van der Waals surface area contributed by atoms with Crippen molar-refractivity contribution < 1.29 is 27.5 Å². The summed E-state index contributed by atoms with van der Waals surface area (Å²) in [5, 5.41) is 3.11. The van der Waals surface area contributed by atoms with Crippen LogP contribution >= 0.6 is 11.8 Å². The molecule has 0 spiro atoms. The molecule has 4 rings (SSSR count). The van der Waals surface area contributed by atoms with Crippen LogP contribution < -0.4 is 15.0 Å². The van der Waals surface area contributed by atoms with Crippen LogP contribution in [0.5, 0.6) is 5.75 Å². The molecule has 0 aromatic heterocycles. The van der Waals surface area contributed by atoms with Gasteiger partial charge in [0, 0.05) is 23.5 Å². The molecule has 0 fully saturated rings. The van der Waals surface area contributed by atoms with Gasteiger partial charge in [-0.3, -0.25) is 4.79 Å². The molecule has 0 bridgehead atoms. The van der Waals surface area contributed by atoms with Gasteiger partial charge in [0.25, 0.3) is 15.9 Å². The molecule has 1 unspecified atom stereocenters. The molecule has 1 atom stereocenters. The number of amidine groups is 1. The third kappa shape index (κ3) is 4.58. The summed E-state index contributed by atoms with van der Waals surface area (Å²) < 4.78 is 37.9. The maximum absolute atomic E-state index is 12.6. The maximum Gasteiger partial charge on any atom is 0.338 e. The molecule has 2 aliphatic rings. The number of para-hydroxylation sites is 1. The number of ether oxygens (including phenoxy) is 2. The summed E-state index contributed by atoms with van der Waals surface area (Å²) in [7, 11) is -1.90. The Labute approximate surface area is 189 Å². The number of benzene rings is 2. The van der Waals surface area contributed by atoms with Gasteiger partial charge in [-0.1, -0.05) is 18.2 Å². The second-order valence-corrected chi connectivity index (χ2v) is 9.94. The minimum atomic E-state index is -3.46. The summed E-state index contributed by atoms with van der Waals surface area (Å²) >= 11 is 1.19. The first kappa shape index (κ1) is 22.2. The normalized spacial score (nSPS) is 16.9. The maximum atomic E-state index is 12.6. The first-order chi connectivity index (χ1) is 15.3. The summed E-state index contributed by atoms with van der Waals surface area (Å²) in [5.74, 6) is -0.479. The summed E-state index contributed by atoms with van der Waals surface area (Å²) in [6.45, 7) is 2.05. The Balaban J connectivity index is 1.39. The van der Waals surface area contributed by atoms with Gasteiger partial charge in [0.2, 0.25) is 0 Å². The Bertz CT molecular complexity index is 1210. The molecule has 2 aliphatic heterocycles. The van der Waals surface area contributed by atoms with Gasteiger partial charge in [0.15, 0.2) is 11.3 Å².